The number of ether oxygens (including phenoxy) is 6. The van der Waals surface area contributed by atoms with Gasteiger partial charge in [0.1, 0.15) is 73.2 Å². The molecule has 1 amide bonds. The summed E-state index contributed by atoms with van der Waals surface area (Å²) in [4.78, 5) is 13.3. The number of allylic oxidation sites excluding steroid dienone is 10. The Balaban J connectivity index is 1.52. The van der Waals surface area contributed by atoms with Crippen LogP contribution in [0.5, 0.6) is 0 Å². The molecule has 19 heteroatoms. The molecule has 3 aliphatic heterocycles. The summed E-state index contributed by atoms with van der Waals surface area (Å²) in [5.74, 6) is -0.404. The monoisotopic (exact) mass is 1150 g/mol. The summed E-state index contributed by atoms with van der Waals surface area (Å²) < 4.78 is 34.2. The van der Waals surface area contributed by atoms with Crippen LogP contribution in [0, 0.1) is 0 Å². The summed E-state index contributed by atoms with van der Waals surface area (Å²) in [6.07, 6.45) is 26.3. The second-order valence-electron chi connectivity index (χ2n) is 21.8. The molecule has 17 atom stereocenters. The summed E-state index contributed by atoms with van der Waals surface area (Å²) in [5, 5.41) is 120. The van der Waals surface area contributed by atoms with Crippen LogP contribution in [0.25, 0.3) is 0 Å². The molecule has 3 aliphatic rings. The number of amides is 1. The lowest BCUT2D eigenvalue weighted by Crippen LogP contribution is -2.66. The fraction of sp³-hybridized carbons (Fsp3) is 0.790. The highest BCUT2D eigenvalue weighted by molar-refractivity contribution is 5.77. The second-order valence-corrected chi connectivity index (χ2v) is 21.8. The highest BCUT2D eigenvalue weighted by Gasteiger charge is 2.53. The number of nitrogens with one attached hydrogen (secondary N) is 1. The second kappa shape index (κ2) is 44.7. The van der Waals surface area contributed by atoms with Gasteiger partial charge in [-0.05, 0) is 44.9 Å². The third kappa shape index (κ3) is 28.3. The highest BCUT2D eigenvalue weighted by atomic mass is 16.8. The molecule has 0 saturated carbocycles. The molecular formula is C62H107NO18. The first-order valence-corrected chi connectivity index (χ1v) is 30.7. The highest BCUT2D eigenvalue weighted by Crippen LogP contribution is 2.33. The number of unbranched alkanes of at least 4 members (excludes halogenated alkanes) is 19. The molecule has 0 aromatic rings. The van der Waals surface area contributed by atoms with Gasteiger partial charge in [-0.25, -0.2) is 0 Å². The lowest BCUT2D eigenvalue weighted by atomic mass is 9.96. The largest absolute Gasteiger partial charge is 0.394 e. The van der Waals surface area contributed by atoms with E-state index in [1.54, 1.807) is 12.2 Å². The lowest BCUT2D eigenvalue weighted by Gasteiger charge is -2.48. The van der Waals surface area contributed by atoms with Crippen molar-refractivity contribution in [1.29, 1.82) is 0 Å². The van der Waals surface area contributed by atoms with Crippen LogP contribution in [0.4, 0.5) is 0 Å². The van der Waals surface area contributed by atoms with Crippen LogP contribution < -0.4 is 5.32 Å². The molecule has 17 unspecified atom stereocenters. The van der Waals surface area contributed by atoms with Gasteiger partial charge in [0.2, 0.25) is 5.91 Å². The molecule has 3 saturated heterocycles. The van der Waals surface area contributed by atoms with Gasteiger partial charge in [-0.15, -0.1) is 0 Å². The van der Waals surface area contributed by atoms with Gasteiger partial charge < -0.3 is 89.9 Å². The molecular weight excluding hydrogens is 1050 g/mol. The van der Waals surface area contributed by atoms with Crippen LogP contribution >= 0.6 is 0 Å². The summed E-state index contributed by atoms with van der Waals surface area (Å²) in [6, 6.07) is -1.03. The van der Waals surface area contributed by atoms with E-state index in [1.807, 2.05) is 24.3 Å². The van der Waals surface area contributed by atoms with Crippen LogP contribution in [0.1, 0.15) is 181 Å². The molecule has 81 heavy (non-hydrogen) atoms. The Morgan fingerprint density at radius 1 is 0.457 bits per heavy atom. The van der Waals surface area contributed by atoms with Crippen molar-refractivity contribution in [1.82, 2.24) is 5.32 Å². The predicted molar refractivity (Wildman–Crippen MR) is 309 cm³/mol. The van der Waals surface area contributed by atoms with E-state index in [0.29, 0.717) is 6.42 Å². The third-order valence-corrected chi connectivity index (χ3v) is 15.0. The van der Waals surface area contributed by atoms with E-state index in [2.05, 4.69) is 55.6 Å². The van der Waals surface area contributed by atoms with Crippen molar-refractivity contribution >= 4 is 5.91 Å². The number of hydrogen-bond acceptors (Lipinski definition) is 18. The molecule has 0 spiro atoms. The first-order valence-electron chi connectivity index (χ1n) is 30.7. The molecule has 12 N–H and O–H groups in total. The van der Waals surface area contributed by atoms with Gasteiger partial charge in [-0.2, -0.15) is 0 Å². The van der Waals surface area contributed by atoms with E-state index < -0.39 is 137 Å². The number of aliphatic hydroxyl groups excluding tert-OH is 11. The minimum atomic E-state index is -1.99. The summed E-state index contributed by atoms with van der Waals surface area (Å²) in [5.41, 5.74) is 0. The maximum atomic E-state index is 13.3. The molecule has 0 aromatic carbocycles. The smallest absolute Gasteiger partial charge is 0.224 e. The molecule has 0 bridgehead atoms. The van der Waals surface area contributed by atoms with Crippen molar-refractivity contribution in [2.45, 2.75) is 285 Å². The van der Waals surface area contributed by atoms with Gasteiger partial charge in [-0.3, -0.25) is 4.79 Å². The van der Waals surface area contributed by atoms with Gasteiger partial charge in [0.25, 0.3) is 0 Å². The minimum Gasteiger partial charge on any atom is -0.394 e. The Hall–Kier alpha value is -2.77. The van der Waals surface area contributed by atoms with Crippen molar-refractivity contribution in [3.63, 3.8) is 0 Å². The van der Waals surface area contributed by atoms with Gasteiger partial charge >= 0.3 is 0 Å². The maximum Gasteiger partial charge on any atom is 0.224 e. The Labute approximate surface area is 483 Å². The van der Waals surface area contributed by atoms with E-state index in [9.17, 15) is 61.0 Å². The zero-order valence-electron chi connectivity index (χ0n) is 48.7. The minimum absolute atomic E-state index is 0.00817. The molecule has 3 heterocycles. The fourth-order valence-electron chi connectivity index (χ4n) is 10.0. The van der Waals surface area contributed by atoms with E-state index in [-0.39, 0.29) is 6.42 Å². The first-order chi connectivity index (χ1) is 39.3. The van der Waals surface area contributed by atoms with Crippen LogP contribution in [0.3, 0.4) is 0 Å². The van der Waals surface area contributed by atoms with Crippen molar-refractivity contribution < 1.29 is 89.4 Å². The first kappa shape index (κ1) is 72.5. The van der Waals surface area contributed by atoms with Gasteiger partial charge in [-0.1, -0.05) is 202 Å². The SMILES string of the molecule is CC/C=C\C/C=C\C/C=C\C/C=C\C/C=C\CC(=O)NC(COC1OC(CO)C(OC2OC(CO)C(OC3OC(CO)C(O)C(O)C3O)C(O)C2O)C(O)C1O)C(O)/C=C/CCCCCCCCCCCCCCCCCCCCC. The predicted octanol–water partition coefficient (Wildman–Crippen LogP) is 5.82. The van der Waals surface area contributed by atoms with Gasteiger partial charge in [0, 0.05) is 6.42 Å². The number of carbonyl (C=O) groups is 1. The van der Waals surface area contributed by atoms with Crippen LogP contribution in [-0.4, -0.2) is 193 Å². The summed E-state index contributed by atoms with van der Waals surface area (Å²) in [6.45, 7) is 1.53. The van der Waals surface area contributed by atoms with Crippen LogP contribution in [0.2, 0.25) is 0 Å². The average molecular weight is 1150 g/mol. The van der Waals surface area contributed by atoms with Crippen molar-refractivity contribution in [3.8, 4) is 0 Å². The normalized spacial score (nSPS) is 30.3. The summed E-state index contributed by atoms with van der Waals surface area (Å²) in [7, 11) is 0. The number of rotatable bonds is 44. The topological polar surface area (TPSA) is 307 Å². The molecule has 0 radical (unpaired) electrons. The zero-order chi connectivity index (χ0) is 59.0. The van der Waals surface area contributed by atoms with Crippen molar-refractivity contribution in [2.75, 3.05) is 26.4 Å². The van der Waals surface area contributed by atoms with Crippen LogP contribution in [-0.2, 0) is 33.2 Å². The van der Waals surface area contributed by atoms with Crippen molar-refractivity contribution in [3.05, 3.63) is 72.9 Å². The lowest BCUT2D eigenvalue weighted by molar-refractivity contribution is -0.379. The van der Waals surface area contributed by atoms with Gasteiger partial charge in [0.05, 0.1) is 38.6 Å². The molecule has 19 nitrogen and oxygen atoms in total. The molecule has 0 aromatic heterocycles. The average Bonchev–Trinajstić information content (AvgIpc) is 3.52. The Morgan fingerprint density at radius 2 is 0.840 bits per heavy atom. The molecule has 468 valence electrons. The Morgan fingerprint density at radius 3 is 1.28 bits per heavy atom. The van der Waals surface area contributed by atoms with Crippen molar-refractivity contribution in [2.24, 2.45) is 0 Å². The van der Waals surface area contributed by atoms with E-state index >= 15 is 0 Å². The number of aliphatic hydroxyl groups is 11. The van der Waals surface area contributed by atoms with Gasteiger partial charge in [0.15, 0.2) is 18.9 Å². The molecule has 0 aliphatic carbocycles. The Kier molecular flexibility index (Phi) is 40.0. The number of carbonyl (C=O) groups excluding carboxylic acids is 1. The van der Waals surface area contributed by atoms with E-state index in [1.165, 1.54) is 103 Å². The maximum absolute atomic E-state index is 13.3. The molecule has 3 fully saturated rings. The zero-order valence-corrected chi connectivity index (χ0v) is 48.7. The standard InChI is InChI=1S/C62H107NO18/c1-3-5-7-9-11-13-15-17-19-20-21-22-23-24-26-27-29-31-33-35-37-39-46(67)45(63-50(68)40-38-36-34-32-30-28-25-18-16-14-12-10-8-6-4-2)44-76-60-56(74)53(71)58(48(42-65)78-60)81-62-57(75)54(72)59(49(43-66)79-62)80-61-55(73)52(70)51(69)47(41-64)77-61/h6,8,12,14,18,25,30,32,36-39,45-49,51-62,64-67,69-75H,3-5,7,9-11,13,15-17,19-24,26-29,31,33-35,40-44H2,1-2H3,(H,63,68)/b8-6-,14-12-,25-18-,32-30-,38-36-,39-37+. The van der Waals surface area contributed by atoms with Crippen LogP contribution in [0.15, 0.2) is 72.9 Å². The van der Waals surface area contributed by atoms with E-state index in [4.69, 9.17) is 28.4 Å². The Bertz CT molecular complexity index is 1760. The number of hydrogen-bond donors (Lipinski definition) is 12. The van der Waals surface area contributed by atoms with E-state index in [0.717, 1.165) is 51.4 Å². The quantitative estimate of drug-likeness (QED) is 0.0253. The molecule has 3 rings (SSSR count). The fourth-order valence-corrected chi connectivity index (χ4v) is 10.0. The summed E-state index contributed by atoms with van der Waals surface area (Å²) >= 11 is 0. The third-order valence-electron chi connectivity index (χ3n) is 15.0.